The summed E-state index contributed by atoms with van der Waals surface area (Å²) in [7, 11) is 0. The van der Waals surface area contributed by atoms with Gasteiger partial charge in [-0.2, -0.15) is 0 Å². The van der Waals surface area contributed by atoms with E-state index >= 15 is 0 Å². The molecule has 0 bridgehead atoms. The lowest BCUT2D eigenvalue weighted by Crippen LogP contribution is -2.26. The van der Waals surface area contributed by atoms with Crippen molar-refractivity contribution in [1.29, 1.82) is 0 Å². The minimum Gasteiger partial charge on any atom is -0.366 e. The van der Waals surface area contributed by atoms with Gasteiger partial charge in [0.05, 0.1) is 5.71 Å². The average Bonchev–Trinajstić information content (AvgIpc) is 2.86. The lowest BCUT2D eigenvalue weighted by atomic mass is 10.0. The van der Waals surface area contributed by atoms with Crippen LogP contribution < -0.4 is 5.32 Å². The molecule has 1 heterocycles. The maximum Gasteiger partial charge on any atom is 0.204 e. The molecule has 0 saturated carbocycles. The number of nitrogens with one attached hydrogen (secondary N) is 1. The Morgan fingerprint density at radius 2 is 1.68 bits per heavy atom. The Hall–Kier alpha value is -2.95. The Morgan fingerprint density at radius 3 is 2.43 bits per heavy atom. The third kappa shape index (κ3) is 4.14. The molecule has 28 heavy (non-hydrogen) atoms. The molecule has 0 amide bonds. The standard InChI is InChI=1S/C23H20ClN3O/c24-18-11-12-20-19(15-18)21(17-9-5-2-6-10-17)27-23(28)22(26-20)25-14-13-16-7-3-1-4-8-16/h1-12,15,23,28H,13-14H2,(H,25,26). The topological polar surface area (TPSA) is 57.0 Å². The number of aliphatic hydroxyl groups is 1. The lowest BCUT2D eigenvalue weighted by Gasteiger charge is -2.12. The van der Waals surface area contributed by atoms with Crippen molar-refractivity contribution >= 4 is 28.8 Å². The molecule has 4 rings (SSSR count). The van der Waals surface area contributed by atoms with E-state index in [-0.39, 0.29) is 0 Å². The summed E-state index contributed by atoms with van der Waals surface area (Å²) in [5.41, 5.74) is 4.47. The molecule has 0 aromatic heterocycles. The molecule has 0 radical (unpaired) electrons. The van der Waals surface area contributed by atoms with Gasteiger partial charge in [-0.05, 0) is 30.2 Å². The molecule has 0 spiro atoms. The summed E-state index contributed by atoms with van der Waals surface area (Å²) < 4.78 is 0. The highest BCUT2D eigenvalue weighted by Gasteiger charge is 2.22. The van der Waals surface area contributed by atoms with Gasteiger partial charge in [-0.15, -0.1) is 0 Å². The van der Waals surface area contributed by atoms with Gasteiger partial charge in [0.2, 0.25) is 6.23 Å². The number of aliphatic hydroxyl groups excluding tert-OH is 1. The Morgan fingerprint density at radius 1 is 0.964 bits per heavy atom. The summed E-state index contributed by atoms with van der Waals surface area (Å²) in [5, 5.41) is 14.6. The predicted octanol–water partition coefficient (Wildman–Crippen LogP) is 4.56. The van der Waals surface area contributed by atoms with Crippen molar-refractivity contribution in [3.05, 3.63) is 101 Å². The normalized spacial score (nSPS) is 17.4. The first kappa shape index (κ1) is 18.4. The number of aliphatic imine (C=N–C) groups is 2. The van der Waals surface area contributed by atoms with Crippen molar-refractivity contribution in [2.45, 2.75) is 12.6 Å². The Bertz CT molecular complexity index is 1020. The minimum absolute atomic E-state index is 0.436. The van der Waals surface area contributed by atoms with Crippen LogP contribution in [-0.4, -0.2) is 29.4 Å². The zero-order valence-electron chi connectivity index (χ0n) is 15.2. The summed E-state index contributed by atoms with van der Waals surface area (Å²) in [6.07, 6.45) is -0.279. The molecule has 1 aliphatic heterocycles. The molecule has 1 atom stereocenters. The minimum atomic E-state index is -1.07. The molecule has 0 saturated heterocycles. The highest BCUT2D eigenvalue weighted by atomic mass is 35.5. The van der Waals surface area contributed by atoms with Crippen molar-refractivity contribution in [1.82, 2.24) is 0 Å². The predicted molar refractivity (Wildman–Crippen MR) is 116 cm³/mol. The second kappa shape index (κ2) is 8.38. The Labute approximate surface area is 169 Å². The van der Waals surface area contributed by atoms with Crippen LogP contribution in [0.5, 0.6) is 0 Å². The summed E-state index contributed by atoms with van der Waals surface area (Å²) in [4.78, 5) is 9.14. The van der Waals surface area contributed by atoms with Crippen LogP contribution >= 0.6 is 11.6 Å². The van der Waals surface area contributed by atoms with Gasteiger partial charge >= 0.3 is 0 Å². The second-order valence-corrected chi connectivity index (χ2v) is 6.97. The van der Waals surface area contributed by atoms with E-state index in [0.29, 0.717) is 23.1 Å². The molecule has 0 fully saturated rings. The van der Waals surface area contributed by atoms with Gasteiger partial charge in [-0.25, -0.2) is 4.99 Å². The van der Waals surface area contributed by atoms with Gasteiger partial charge in [0.15, 0.2) is 5.84 Å². The van der Waals surface area contributed by atoms with Crippen LogP contribution in [-0.2, 0) is 6.42 Å². The van der Waals surface area contributed by atoms with E-state index in [1.807, 2.05) is 66.7 Å². The number of amidine groups is 1. The summed E-state index contributed by atoms with van der Waals surface area (Å²) in [6, 6.07) is 25.5. The van der Waals surface area contributed by atoms with E-state index in [4.69, 9.17) is 11.6 Å². The molecule has 140 valence electrons. The number of benzodiazepines with no additional fused rings is 1. The molecule has 3 aromatic rings. The van der Waals surface area contributed by atoms with Gasteiger partial charge in [0, 0.05) is 28.4 Å². The van der Waals surface area contributed by atoms with Crippen LogP contribution in [0.15, 0.2) is 88.8 Å². The number of anilines is 1. The molecule has 1 unspecified atom stereocenters. The SMILES string of the molecule is OC1N=C(c2ccccc2)c2cc(Cl)ccc2NC1=NCCc1ccccc1. The van der Waals surface area contributed by atoms with Crippen LogP contribution in [0.1, 0.15) is 16.7 Å². The van der Waals surface area contributed by atoms with Crippen molar-refractivity contribution in [2.24, 2.45) is 9.98 Å². The van der Waals surface area contributed by atoms with Crippen molar-refractivity contribution in [2.75, 3.05) is 11.9 Å². The molecular formula is C23H20ClN3O. The van der Waals surface area contributed by atoms with Crippen molar-refractivity contribution in [3.63, 3.8) is 0 Å². The quantitative estimate of drug-likeness (QED) is 0.687. The largest absolute Gasteiger partial charge is 0.366 e. The molecule has 2 N–H and O–H groups in total. The number of benzene rings is 3. The first-order valence-corrected chi connectivity index (χ1v) is 9.55. The summed E-state index contributed by atoms with van der Waals surface area (Å²) >= 11 is 6.23. The van der Waals surface area contributed by atoms with Gasteiger partial charge in [-0.1, -0.05) is 72.3 Å². The van der Waals surface area contributed by atoms with E-state index in [0.717, 1.165) is 23.2 Å². The van der Waals surface area contributed by atoms with E-state index in [2.05, 4.69) is 27.4 Å². The molecular weight excluding hydrogens is 370 g/mol. The lowest BCUT2D eigenvalue weighted by molar-refractivity contribution is 0.252. The van der Waals surface area contributed by atoms with Crippen LogP contribution in [0.25, 0.3) is 0 Å². The number of halogens is 1. The zero-order valence-corrected chi connectivity index (χ0v) is 16.0. The van der Waals surface area contributed by atoms with Crippen LogP contribution in [0.3, 0.4) is 0 Å². The fourth-order valence-corrected chi connectivity index (χ4v) is 3.35. The monoisotopic (exact) mass is 389 g/mol. The smallest absolute Gasteiger partial charge is 0.204 e. The van der Waals surface area contributed by atoms with E-state index in [1.54, 1.807) is 0 Å². The van der Waals surface area contributed by atoms with Crippen LogP contribution in [0, 0.1) is 0 Å². The van der Waals surface area contributed by atoms with E-state index in [1.165, 1.54) is 5.56 Å². The number of hydrogen-bond acceptors (Lipinski definition) is 3. The average molecular weight is 390 g/mol. The van der Waals surface area contributed by atoms with Gasteiger partial charge in [-0.3, -0.25) is 4.99 Å². The maximum absolute atomic E-state index is 10.7. The summed E-state index contributed by atoms with van der Waals surface area (Å²) in [5.74, 6) is 0.436. The van der Waals surface area contributed by atoms with Crippen molar-refractivity contribution < 1.29 is 5.11 Å². The van der Waals surface area contributed by atoms with Gasteiger partial charge < -0.3 is 10.4 Å². The Kier molecular flexibility index (Phi) is 5.51. The number of nitrogens with zero attached hydrogens (tertiary/aromatic N) is 2. The molecule has 4 nitrogen and oxygen atoms in total. The van der Waals surface area contributed by atoms with Crippen LogP contribution in [0.4, 0.5) is 5.69 Å². The molecule has 5 heteroatoms. The van der Waals surface area contributed by atoms with Crippen molar-refractivity contribution in [3.8, 4) is 0 Å². The maximum atomic E-state index is 10.7. The van der Waals surface area contributed by atoms with Crippen LogP contribution in [0.2, 0.25) is 5.02 Å². The fourth-order valence-electron chi connectivity index (χ4n) is 3.17. The fraction of sp³-hybridized carbons (Fsp3) is 0.130. The third-order valence-corrected chi connectivity index (χ3v) is 4.80. The first-order chi connectivity index (χ1) is 13.7. The first-order valence-electron chi connectivity index (χ1n) is 9.17. The molecule has 0 aliphatic carbocycles. The van der Waals surface area contributed by atoms with Gasteiger partial charge in [0.25, 0.3) is 0 Å². The Balaban J connectivity index is 1.68. The van der Waals surface area contributed by atoms with Gasteiger partial charge in [0.1, 0.15) is 0 Å². The molecule has 1 aliphatic rings. The highest BCUT2D eigenvalue weighted by molar-refractivity contribution is 6.32. The number of rotatable bonds is 4. The number of fused-ring (bicyclic) bond motifs is 1. The second-order valence-electron chi connectivity index (χ2n) is 6.53. The zero-order chi connectivity index (χ0) is 19.3. The number of hydrogen-bond donors (Lipinski definition) is 2. The van der Waals surface area contributed by atoms with E-state index < -0.39 is 6.23 Å². The highest BCUT2D eigenvalue weighted by Crippen LogP contribution is 2.27. The molecule has 3 aromatic carbocycles. The van der Waals surface area contributed by atoms with E-state index in [9.17, 15) is 5.11 Å². The third-order valence-electron chi connectivity index (χ3n) is 4.57. The summed E-state index contributed by atoms with van der Waals surface area (Å²) in [6.45, 7) is 0.558.